The number of benzene rings is 2. The quantitative estimate of drug-likeness (QED) is 0.346. The molecule has 0 amide bonds. The predicted molar refractivity (Wildman–Crippen MR) is 86.0 cm³/mol. The van der Waals surface area contributed by atoms with Gasteiger partial charge in [-0.25, -0.2) is 4.79 Å². The third-order valence-electron chi connectivity index (χ3n) is 2.87. The first-order chi connectivity index (χ1) is 10.2. The van der Waals surface area contributed by atoms with Gasteiger partial charge in [0.05, 0.1) is 6.61 Å². The Bertz CT molecular complexity index is 603. The summed E-state index contributed by atoms with van der Waals surface area (Å²) >= 11 is 1.36. The molecule has 0 aromatic heterocycles. The molecule has 3 nitrogen and oxygen atoms in total. The number of rotatable bonds is 6. The van der Waals surface area contributed by atoms with Gasteiger partial charge in [-0.3, -0.25) is 0 Å². The van der Waals surface area contributed by atoms with Crippen LogP contribution in [-0.2, 0) is 15.6 Å². The van der Waals surface area contributed by atoms with Crippen LogP contribution in [0.5, 0.6) is 5.75 Å². The first-order valence-electron chi connectivity index (χ1n) is 6.42. The lowest BCUT2D eigenvalue weighted by atomic mass is 10.0. The Morgan fingerprint density at radius 3 is 2.19 bits per heavy atom. The van der Waals surface area contributed by atoms with Crippen LogP contribution in [0, 0.1) is 0 Å². The molecule has 4 heteroatoms. The standard InChI is InChI=1S/C17H16O3S/c1-3-17(18)20-16-10-8-15(9-11-16)14-6-4-13(5-7-14)12-19-21-2/h3-11H,1,12H2,2H3. The molecule has 2 aromatic rings. The van der Waals surface area contributed by atoms with E-state index < -0.39 is 5.97 Å². The molecule has 0 aliphatic rings. The fraction of sp³-hybridized carbons (Fsp3) is 0.118. The van der Waals surface area contributed by atoms with Crippen molar-refractivity contribution >= 4 is 18.0 Å². The zero-order valence-electron chi connectivity index (χ0n) is 11.7. The molecule has 0 aliphatic carbocycles. The van der Waals surface area contributed by atoms with Crippen molar-refractivity contribution < 1.29 is 13.7 Å². The van der Waals surface area contributed by atoms with Crippen LogP contribution in [0.4, 0.5) is 0 Å². The Balaban J connectivity index is 2.07. The fourth-order valence-corrected chi connectivity index (χ4v) is 2.05. The zero-order chi connectivity index (χ0) is 15.1. The van der Waals surface area contributed by atoms with Crippen LogP contribution in [0.1, 0.15) is 5.56 Å². The normalized spacial score (nSPS) is 10.1. The van der Waals surface area contributed by atoms with E-state index >= 15 is 0 Å². The maximum absolute atomic E-state index is 11.1. The molecule has 0 N–H and O–H groups in total. The lowest BCUT2D eigenvalue weighted by molar-refractivity contribution is -0.128. The monoisotopic (exact) mass is 300 g/mol. The maximum Gasteiger partial charge on any atom is 0.335 e. The Morgan fingerprint density at radius 2 is 1.67 bits per heavy atom. The van der Waals surface area contributed by atoms with Gasteiger partial charge in [-0.05, 0) is 40.9 Å². The molecular weight excluding hydrogens is 284 g/mol. The van der Waals surface area contributed by atoms with Crippen molar-refractivity contribution in [3.63, 3.8) is 0 Å². The van der Waals surface area contributed by atoms with Crippen LogP contribution in [0.25, 0.3) is 11.1 Å². The second-order valence-electron chi connectivity index (χ2n) is 4.28. The van der Waals surface area contributed by atoms with E-state index in [1.807, 2.05) is 42.7 Å². The summed E-state index contributed by atoms with van der Waals surface area (Å²) in [5.41, 5.74) is 3.29. The highest BCUT2D eigenvalue weighted by molar-refractivity contribution is 7.93. The third kappa shape index (κ3) is 4.48. The number of carbonyl (C=O) groups excluding carboxylic acids is 1. The number of esters is 1. The van der Waals surface area contributed by atoms with E-state index in [0.29, 0.717) is 12.4 Å². The Morgan fingerprint density at radius 1 is 1.10 bits per heavy atom. The summed E-state index contributed by atoms with van der Waals surface area (Å²) in [5.74, 6) is 0.0505. The summed E-state index contributed by atoms with van der Waals surface area (Å²) in [6, 6.07) is 15.5. The van der Waals surface area contributed by atoms with Gasteiger partial charge in [-0.1, -0.05) is 43.0 Å². The van der Waals surface area contributed by atoms with Gasteiger partial charge in [0.1, 0.15) is 5.75 Å². The molecule has 0 fully saturated rings. The van der Waals surface area contributed by atoms with Crippen LogP contribution >= 0.6 is 12.0 Å². The first kappa shape index (κ1) is 15.4. The van der Waals surface area contributed by atoms with Gasteiger partial charge >= 0.3 is 5.97 Å². The second kappa shape index (κ2) is 7.67. The van der Waals surface area contributed by atoms with Crippen LogP contribution in [0.3, 0.4) is 0 Å². The number of hydrogen-bond donors (Lipinski definition) is 0. The van der Waals surface area contributed by atoms with Crippen molar-refractivity contribution in [2.24, 2.45) is 0 Å². The molecule has 2 aromatic carbocycles. The average Bonchev–Trinajstić information content (AvgIpc) is 2.54. The SMILES string of the molecule is C=CC(=O)Oc1ccc(-c2ccc(COSC)cc2)cc1. The van der Waals surface area contributed by atoms with Gasteiger partial charge < -0.3 is 8.92 Å². The molecule has 21 heavy (non-hydrogen) atoms. The zero-order valence-corrected chi connectivity index (χ0v) is 12.6. The van der Waals surface area contributed by atoms with Crippen LogP contribution in [0.2, 0.25) is 0 Å². The summed E-state index contributed by atoms with van der Waals surface area (Å²) in [6.45, 7) is 3.96. The van der Waals surface area contributed by atoms with Crippen LogP contribution < -0.4 is 4.74 Å². The van der Waals surface area contributed by atoms with Crippen molar-refractivity contribution in [2.45, 2.75) is 6.61 Å². The van der Waals surface area contributed by atoms with Crippen LogP contribution in [0.15, 0.2) is 61.2 Å². The number of carbonyl (C=O) groups is 1. The molecule has 2 rings (SSSR count). The van der Waals surface area contributed by atoms with Gasteiger partial charge in [-0.15, -0.1) is 0 Å². The minimum Gasteiger partial charge on any atom is -0.423 e. The molecule has 0 radical (unpaired) electrons. The van der Waals surface area contributed by atoms with E-state index in [0.717, 1.165) is 22.8 Å². The van der Waals surface area contributed by atoms with Gasteiger partial charge in [0.25, 0.3) is 0 Å². The van der Waals surface area contributed by atoms with E-state index in [9.17, 15) is 4.79 Å². The lowest BCUT2D eigenvalue weighted by Gasteiger charge is -2.06. The molecule has 0 saturated carbocycles. The largest absolute Gasteiger partial charge is 0.423 e. The highest BCUT2D eigenvalue weighted by Crippen LogP contribution is 2.23. The number of hydrogen-bond acceptors (Lipinski definition) is 4. The molecule has 0 atom stereocenters. The van der Waals surface area contributed by atoms with E-state index in [1.54, 1.807) is 12.1 Å². The van der Waals surface area contributed by atoms with Gasteiger partial charge in [0.15, 0.2) is 0 Å². The Hall–Kier alpha value is -2.04. The molecule has 0 heterocycles. The maximum atomic E-state index is 11.1. The highest BCUT2D eigenvalue weighted by Gasteiger charge is 2.02. The van der Waals surface area contributed by atoms with Crippen molar-refractivity contribution in [1.82, 2.24) is 0 Å². The Labute approximate surface area is 128 Å². The minimum atomic E-state index is -0.458. The fourth-order valence-electron chi connectivity index (χ4n) is 1.79. The summed E-state index contributed by atoms with van der Waals surface area (Å²) in [4.78, 5) is 11.1. The molecule has 0 saturated heterocycles. The van der Waals surface area contributed by atoms with Crippen molar-refractivity contribution in [3.8, 4) is 16.9 Å². The van der Waals surface area contributed by atoms with Crippen LogP contribution in [-0.4, -0.2) is 12.2 Å². The summed E-state index contributed by atoms with van der Waals surface area (Å²) in [6.07, 6.45) is 3.04. The Kier molecular flexibility index (Phi) is 5.60. The van der Waals surface area contributed by atoms with E-state index in [4.69, 9.17) is 8.92 Å². The van der Waals surface area contributed by atoms with Gasteiger partial charge in [0.2, 0.25) is 0 Å². The summed E-state index contributed by atoms with van der Waals surface area (Å²) < 4.78 is 10.3. The van der Waals surface area contributed by atoms with E-state index in [-0.39, 0.29) is 0 Å². The molecule has 0 unspecified atom stereocenters. The second-order valence-corrected chi connectivity index (χ2v) is 4.84. The van der Waals surface area contributed by atoms with Gasteiger partial charge in [-0.2, -0.15) is 0 Å². The topological polar surface area (TPSA) is 35.5 Å². The van der Waals surface area contributed by atoms with E-state index in [1.165, 1.54) is 12.0 Å². The molecule has 0 bridgehead atoms. The average molecular weight is 300 g/mol. The summed E-state index contributed by atoms with van der Waals surface area (Å²) in [7, 11) is 0. The van der Waals surface area contributed by atoms with Crippen molar-refractivity contribution in [1.29, 1.82) is 0 Å². The third-order valence-corrected chi connectivity index (χ3v) is 3.22. The smallest absolute Gasteiger partial charge is 0.335 e. The first-order valence-corrected chi connectivity index (χ1v) is 7.57. The van der Waals surface area contributed by atoms with Gasteiger partial charge in [0, 0.05) is 12.3 Å². The minimum absolute atomic E-state index is 0.458. The summed E-state index contributed by atoms with van der Waals surface area (Å²) in [5, 5.41) is 0. The molecule has 108 valence electrons. The van der Waals surface area contributed by atoms with Crippen molar-refractivity contribution in [2.75, 3.05) is 6.26 Å². The highest BCUT2D eigenvalue weighted by atomic mass is 32.2. The molecular formula is C17H16O3S. The van der Waals surface area contributed by atoms with Crippen molar-refractivity contribution in [3.05, 3.63) is 66.7 Å². The predicted octanol–water partition coefficient (Wildman–Crippen LogP) is 4.24. The van der Waals surface area contributed by atoms with E-state index in [2.05, 4.69) is 6.58 Å². The molecule has 0 aliphatic heterocycles. The molecule has 0 spiro atoms. The lowest BCUT2D eigenvalue weighted by Crippen LogP contribution is -2.02. The number of ether oxygens (including phenoxy) is 1.